The molecule has 2 aliphatic heterocycles. The van der Waals surface area contributed by atoms with Gasteiger partial charge in [0.1, 0.15) is 11.6 Å². The monoisotopic (exact) mass is 426 g/mol. The van der Waals surface area contributed by atoms with Gasteiger partial charge in [-0.15, -0.1) is 0 Å². The average Bonchev–Trinajstić information content (AvgIpc) is 3.17. The summed E-state index contributed by atoms with van der Waals surface area (Å²) < 4.78 is 5.25. The smallest absolute Gasteiger partial charge is 0.408 e. The summed E-state index contributed by atoms with van der Waals surface area (Å²) >= 11 is 0. The van der Waals surface area contributed by atoms with Crippen molar-refractivity contribution in [1.82, 2.24) is 20.9 Å². The number of amides is 3. The molecule has 30 heavy (non-hydrogen) atoms. The third kappa shape index (κ3) is 7.12. The van der Waals surface area contributed by atoms with Crippen molar-refractivity contribution < 1.29 is 24.2 Å². The van der Waals surface area contributed by atoms with Crippen molar-refractivity contribution in [2.45, 2.75) is 77.7 Å². The molecular weight excluding hydrogens is 388 g/mol. The molecule has 0 aromatic carbocycles. The van der Waals surface area contributed by atoms with Crippen LogP contribution in [-0.2, 0) is 14.3 Å². The lowest BCUT2D eigenvalue weighted by Crippen LogP contribution is -2.52. The molecule has 4 atom stereocenters. The van der Waals surface area contributed by atoms with Gasteiger partial charge in [0.15, 0.2) is 0 Å². The fourth-order valence-corrected chi connectivity index (χ4v) is 3.97. The van der Waals surface area contributed by atoms with Crippen LogP contribution in [0.2, 0.25) is 0 Å². The number of aliphatic hydroxyl groups excluding tert-OH is 1. The second-order valence-electron chi connectivity index (χ2n) is 9.72. The molecule has 172 valence electrons. The van der Waals surface area contributed by atoms with E-state index >= 15 is 0 Å². The molecule has 0 bridgehead atoms. The minimum absolute atomic E-state index is 0.0431. The van der Waals surface area contributed by atoms with Gasteiger partial charge in [0.2, 0.25) is 11.8 Å². The third-order valence-electron chi connectivity index (χ3n) is 5.40. The summed E-state index contributed by atoms with van der Waals surface area (Å²) in [6, 6.07) is -0.996. The number of likely N-dealkylation sites (tertiary alicyclic amines) is 1. The Balaban J connectivity index is 1.92. The number of rotatable bonds is 9. The van der Waals surface area contributed by atoms with Crippen LogP contribution in [0.1, 0.15) is 53.9 Å². The van der Waals surface area contributed by atoms with E-state index in [0.717, 1.165) is 6.42 Å². The van der Waals surface area contributed by atoms with Crippen molar-refractivity contribution >= 4 is 17.9 Å². The van der Waals surface area contributed by atoms with Gasteiger partial charge in [0, 0.05) is 26.2 Å². The summed E-state index contributed by atoms with van der Waals surface area (Å²) in [6.45, 7) is 11.4. The van der Waals surface area contributed by atoms with Gasteiger partial charge in [0.05, 0.1) is 18.1 Å². The Morgan fingerprint density at radius 1 is 1.30 bits per heavy atom. The lowest BCUT2D eigenvalue weighted by molar-refractivity contribution is -0.134. The van der Waals surface area contributed by atoms with Crippen LogP contribution in [0.5, 0.6) is 0 Å². The van der Waals surface area contributed by atoms with Crippen LogP contribution in [0.15, 0.2) is 0 Å². The van der Waals surface area contributed by atoms with Crippen LogP contribution in [0.3, 0.4) is 0 Å². The number of nitrogens with one attached hydrogen (secondary N) is 3. The van der Waals surface area contributed by atoms with Gasteiger partial charge in [0.25, 0.3) is 0 Å². The molecule has 2 rings (SSSR count). The molecule has 4 N–H and O–H groups in total. The maximum absolute atomic E-state index is 12.9. The van der Waals surface area contributed by atoms with E-state index in [-0.39, 0.29) is 29.7 Å². The van der Waals surface area contributed by atoms with E-state index in [4.69, 9.17) is 4.74 Å². The van der Waals surface area contributed by atoms with E-state index < -0.39 is 23.8 Å². The lowest BCUT2D eigenvalue weighted by atomic mass is 9.97. The molecule has 0 spiro atoms. The minimum Gasteiger partial charge on any atom is -0.444 e. The highest BCUT2D eigenvalue weighted by atomic mass is 16.6. The van der Waals surface area contributed by atoms with Gasteiger partial charge in [-0.05, 0) is 46.0 Å². The Morgan fingerprint density at radius 3 is 2.57 bits per heavy atom. The molecule has 0 saturated carbocycles. The standard InChI is InChI=1S/C21H38N4O5/c1-13(2)10-16(17(26)12-22-11-14-6-8-23-18(14)27)25-9-7-15(19(25)28)24-20(29)30-21(3,4)5/h13-17,22,26H,6-12H2,1-5H3,(H,23,27)(H,24,29)/t14-,15-,16-,17-/m0/s1. The normalized spacial score (nSPS) is 24.2. The Morgan fingerprint density at radius 2 is 2.00 bits per heavy atom. The number of carbonyl (C=O) groups is 3. The predicted octanol–water partition coefficient (Wildman–Crippen LogP) is 0.613. The first-order valence-electron chi connectivity index (χ1n) is 10.9. The molecule has 9 nitrogen and oxygen atoms in total. The van der Waals surface area contributed by atoms with Gasteiger partial charge < -0.3 is 30.7 Å². The molecule has 0 unspecified atom stereocenters. The first-order valence-corrected chi connectivity index (χ1v) is 10.9. The van der Waals surface area contributed by atoms with E-state index in [9.17, 15) is 19.5 Å². The van der Waals surface area contributed by atoms with Gasteiger partial charge in [-0.25, -0.2) is 4.79 Å². The third-order valence-corrected chi connectivity index (χ3v) is 5.40. The SMILES string of the molecule is CC(C)C[C@@H]([C@@H](O)CNC[C@@H]1CCNC1=O)N1CC[C@H](NC(=O)OC(C)(C)C)C1=O. The molecule has 0 aromatic heterocycles. The molecule has 2 heterocycles. The molecule has 3 amide bonds. The first kappa shape index (κ1) is 24.4. The molecular formula is C21H38N4O5. The summed E-state index contributed by atoms with van der Waals surface area (Å²) in [5, 5.41) is 19.5. The zero-order valence-electron chi connectivity index (χ0n) is 18.9. The second kappa shape index (κ2) is 10.4. The number of alkyl carbamates (subject to hydrolysis) is 1. The van der Waals surface area contributed by atoms with Crippen molar-refractivity contribution in [3.05, 3.63) is 0 Å². The van der Waals surface area contributed by atoms with Crippen LogP contribution in [-0.4, -0.2) is 77.9 Å². The number of nitrogens with zero attached hydrogens (tertiary/aromatic N) is 1. The summed E-state index contributed by atoms with van der Waals surface area (Å²) in [4.78, 5) is 38.3. The van der Waals surface area contributed by atoms with E-state index in [1.807, 2.05) is 13.8 Å². The number of ether oxygens (including phenoxy) is 1. The number of hydrogen-bond acceptors (Lipinski definition) is 6. The minimum atomic E-state index is -0.763. The highest BCUT2D eigenvalue weighted by molar-refractivity contribution is 5.87. The molecule has 9 heteroatoms. The van der Waals surface area contributed by atoms with E-state index in [0.29, 0.717) is 39.0 Å². The van der Waals surface area contributed by atoms with Crippen molar-refractivity contribution in [3.63, 3.8) is 0 Å². The maximum atomic E-state index is 12.9. The van der Waals surface area contributed by atoms with Crippen LogP contribution >= 0.6 is 0 Å². The van der Waals surface area contributed by atoms with Gasteiger partial charge in [-0.1, -0.05) is 13.8 Å². The predicted molar refractivity (Wildman–Crippen MR) is 113 cm³/mol. The quantitative estimate of drug-likeness (QED) is 0.429. The van der Waals surface area contributed by atoms with Gasteiger partial charge >= 0.3 is 6.09 Å². The second-order valence-corrected chi connectivity index (χ2v) is 9.72. The van der Waals surface area contributed by atoms with Crippen LogP contribution < -0.4 is 16.0 Å². The van der Waals surface area contributed by atoms with Crippen molar-refractivity contribution in [2.75, 3.05) is 26.2 Å². The maximum Gasteiger partial charge on any atom is 0.408 e. The molecule has 0 aromatic rings. The van der Waals surface area contributed by atoms with E-state index in [2.05, 4.69) is 16.0 Å². The Kier molecular flexibility index (Phi) is 8.49. The molecule has 2 saturated heterocycles. The average molecular weight is 427 g/mol. The van der Waals surface area contributed by atoms with Crippen LogP contribution in [0.25, 0.3) is 0 Å². The summed E-state index contributed by atoms with van der Waals surface area (Å²) in [5.74, 6) is 0.0646. The Labute approximate surface area is 179 Å². The molecule has 0 radical (unpaired) electrons. The van der Waals surface area contributed by atoms with E-state index in [1.165, 1.54) is 0 Å². The first-order chi connectivity index (χ1) is 14.0. The van der Waals surface area contributed by atoms with Crippen molar-refractivity contribution in [1.29, 1.82) is 0 Å². The highest BCUT2D eigenvalue weighted by Crippen LogP contribution is 2.22. The Hall–Kier alpha value is -1.87. The van der Waals surface area contributed by atoms with Crippen LogP contribution in [0, 0.1) is 11.8 Å². The van der Waals surface area contributed by atoms with Crippen molar-refractivity contribution in [3.8, 4) is 0 Å². The number of hydrogen-bond donors (Lipinski definition) is 4. The summed E-state index contributed by atoms with van der Waals surface area (Å²) in [7, 11) is 0. The molecule has 0 aliphatic carbocycles. The van der Waals surface area contributed by atoms with Gasteiger partial charge in [-0.3, -0.25) is 9.59 Å². The van der Waals surface area contributed by atoms with Crippen LogP contribution in [0.4, 0.5) is 4.79 Å². The zero-order chi connectivity index (χ0) is 22.5. The fourth-order valence-electron chi connectivity index (χ4n) is 3.97. The van der Waals surface area contributed by atoms with E-state index in [1.54, 1.807) is 25.7 Å². The highest BCUT2D eigenvalue weighted by Gasteiger charge is 2.40. The topological polar surface area (TPSA) is 120 Å². The molecule has 2 aliphatic rings. The number of aliphatic hydroxyl groups is 1. The van der Waals surface area contributed by atoms with Gasteiger partial charge in [-0.2, -0.15) is 0 Å². The Bertz CT molecular complexity index is 619. The summed E-state index contributed by atoms with van der Waals surface area (Å²) in [6.07, 6.45) is 0.549. The fraction of sp³-hybridized carbons (Fsp3) is 0.857. The largest absolute Gasteiger partial charge is 0.444 e. The molecule has 2 fully saturated rings. The zero-order valence-corrected chi connectivity index (χ0v) is 18.9. The lowest BCUT2D eigenvalue weighted by Gasteiger charge is -2.33. The number of carbonyl (C=O) groups excluding carboxylic acids is 3. The van der Waals surface area contributed by atoms with Crippen molar-refractivity contribution in [2.24, 2.45) is 11.8 Å². The summed E-state index contributed by atoms with van der Waals surface area (Å²) in [5.41, 5.74) is -0.635.